The van der Waals surface area contributed by atoms with Crippen LogP contribution in [0.5, 0.6) is 0 Å². The molecule has 118 valence electrons. The van der Waals surface area contributed by atoms with Gasteiger partial charge in [0.15, 0.2) is 0 Å². The van der Waals surface area contributed by atoms with Gasteiger partial charge in [-0.2, -0.15) is 11.3 Å². The third-order valence-corrected chi connectivity index (χ3v) is 4.97. The molecule has 0 spiro atoms. The normalized spacial score (nSPS) is 16.8. The Hall–Kier alpha value is -1.66. The number of piperidine rings is 1. The summed E-state index contributed by atoms with van der Waals surface area (Å²) in [6, 6.07) is 2.19. The zero-order valence-corrected chi connectivity index (χ0v) is 13.6. The summed E-state index contributed by atoms with van der Waals surface area (Å²) in [4.78, 5) is 14.5. The number of thiophene rings is 1. The topological polar surface area (TPSA) is 58.4 Å². The number of hydrogen-bond acceptors (Lipinski definition) is 5. The third kappa shape index (κ3) is 3.75. The summed E-state index contributed by atoms with van der Waals surface area (Å²) in [5.41, 5.74) is 1.94. The molecule has 0 aromatic carbocycles. The van der Waals surface area contributed by atoms with E-state index in [4.69, 9.17) is 4.52 Å². The van der Waals surface area contributed by atoms with Gasteiger partial charge in [-0.25, -0.2) is 0 Å². The first-order valence-corrected chi connectivity index (χ1v) is 8.59. The Morgan fingerprint density at radius 3 is 2.95 bits per heavy atom. The molecule has 0 saturated carbocycles. The SMILES string of the molecule is Cc1oncc1C(=O)NCC1CCN(Cc2ccsc2)CC1. The van der Waals surface area contributed by atoms with Gasteiger partial charge in [0.05, 0.1) is 6.20 Å². The van der Waals surface area contributed by atoms with E-state index in [0.717, 1.165) is 39.0 Å². The van der Waals surface area contributed by atoms with Crippen LogP contribution in [0.25, 0.3) is 0 Å². The van der Waals surface area contributed by atoms with Crippen LogP contribution in [0.4, 0.5) is 0 Å². The first-order valence-electron chi connectivity index (χ1n) is 7.65. The monoisotopic (exact) mass is 319 g/mol. The number of amides is 1. The lowest BCUT2D eigenvalue weighted by atomic mass is 9.96. The van der Waals surface area contributed by atoms with Crippen LogP contribution in [0.3, 0.4) is 0 Å². The Morgan fingerprint density at radius 1 is 1.50 bits per heavy atom. The molecule has 6 heteroatoms. The van der Waals surface area contributed by atoms with Crippen molar-refractivity contribution in [2.45, 2.75) is 26.3 Å². The Bertz CT molecular complexity index is 601. The van der Waals surface area contributed by atoms with Gasteiger partial charge >= 0.3 is 0 Å². The number of aromatic nitrogens is 1. The summed E-state index contributed by atoms with van der Waals surface area (Å²) in [6.45, 7) is 5.73. The Labute approximate surface area is 134 Å². The third-order valence-electron chi connectivity index (χ3n) is 4.24. The molecule has 5 nitrogen and oxygen atoms in total. The maximum absolute atomic E-state index is 12.0. The van der Waals surface area contributed by atoms with Crippen LogP contribution in [0.2, 0.25) is 0 Å². The van der Waals surface area contributed by atoms with Gasteiger partial charge in [-0.05, 0) is 61.2 Å². The molecule has 3 heterocycles. The highest BCUT2D eigenvalue weighted by atomic mass is 32.1. The van der Waals surface area contributed by atoms with E-state index in [2.05, 4.69) is 32.2 Å². The molecule has 22 heavy (non-hydrogen) atoms. The Morgan fingerprint density at radius 2 is 2.32 bits per heavy atom. The largest absolute Gasteiger partial charge is 0.361 e. The van der Waals surface area contributed by atoms with Gasteiger partial charge in [0.1, 0.15) is 11.3 Å². The second-order valence-corrected chi connectivity index (χ2v) is 6.64. The van der Waals surface area contributed by atoms with E-state index in [1.165, 1.54) is 11.8 Å². The van der Waals surface area contributed by atoms with Crippen molar-refractivity contribution >= 4 is 17.2 Å². The van der Waals surface area contributed by atoms with Crippen LogP contribution in [-0.4, -0.2) is 35.6 Å². The molecule has 1 N–H and O–H groups in total. The van der Waals surface area contributed by atoms with Crippen molar-refractivity contribution in [3.63, 3.8) is 0 Å². The van der Waals surface area contributed by atoms with Crippen molar-refractivity contribution in [3.8, 4) is 0 Å². The molecule has 0 aliphatic carbocycles. The average molecular weight is 319 g/mol. The Kier molecular flexibility index (Phi) is 4.90. The van der Waals surface area contributed by atoms with E-state index in [0.29, 0.717) is 17.2 Å². The maximum atomic E-state index is 12.0. The summed E-state index contributed by atoms with van der Waals surface area (Å²) in [5.74, 6) is 1.05. The lowest BCUT2D eigenvalue weighted by molar-refractivity contribution is 0.0933. The highest BCUT2D eigenvalue weighted by Crippen LogP contribution is 2.19. The molecule has 0 unspecified atom stereocenters. The fourth-order valence-electron chi connectivity index (χ4n) is 2.84. The first-order chi connectivity index (χ1) is 10.7. The molecular weight excluding hydrogens is 298 g/mol. The standard InChI is InChI=1S/C16H21N3O2S/c1-12-15(9-18-21-12)16(20)17-8-13-2-5-19(6-3-13)10-14-4-7-22-11-14/h4,7,9,11,13H,2-3,5-6,8,10H2,1H3,(H,17,20). The quantitative estimate of drug-likeness (QED) is 0.920. The van der Waals surface area contributed by atoms with E-state index in [-0.39, 0.29) is 5.91 Å². The van der Waals surface area contributed by atoms with Crippen LogP contribution in [0.15, 0.2) is 27.5 Å². The predicted molar refractivity (Wildman–Crippen MR) is 85.9 cm³/mol. The van der Waals surface area contributed by atoms with E-state index in [1.807, 2.05) is 0 Å². The minimum Gasteiger partial charge on any atom is -0.361 e. The van der Waals surface area contributed by atoms with Gasteiger partial charge in [-0.3, -0.25) is 9.69 Å². The molecule has 1 fully saturated rings. The molecule has 1 saturated heterocycles. The molecule has 0 radical (unpaired) electrons. The summed E-state index contributed by atoms with van der Waals surface area (Å²) >= 11 is 1.75. The number of carbonyl (C=O) groups is 1. The minimum absolute atomic E-state index is 0.0838. The van der Waals surface area contributed by atoms with Crippen LogP contribution >= 0.6 is 11.3 Å². The molecule has 2 aromatic rings. The maximum Gasteiger partial charge on any atom is 0.256 e. The summed E-state index contributed by atoms with van der Waals surface area (Å²) < 4.78 is 4.92. The minimum atomic E-state index is -0.0838. The lowest BCUT2D eigenvalue weighted by Gasteiger charge is -2.31. The van der Waals surface area contributed by atoms with Crippen molar-refractivity contribution in [1.29, 1.82) is 0 Å². The van der Waals surface area contributed by atoms with E-state index in [9.17, 15) is 4.79 Å². The first kappa shape index (κ1) is 15.2. The molecule has 2 aromatic heterocycles. The molecule has 1 aliphatic heterocycles. The fraction of sp³-hybridized carbons (Fsp3) is 0.500. The van der Waals surface area contributed by atoms with Crippen molar-refractivity contribution in [2.24, 2.45) is 5.92 Å². The van der Waals surface area contributed by atoms with Crippen molar-refractivity contribution in [1.82, 2.24) is 15.4 Å². The van der Waals surface area contributed by atoms with Gasteiger partial charge < -0.3 is 9.84 Å². The molecule has 0 atom stereocenters. The van der Waals surface area contributed by atoms with Crippen LogP contribution in [0, 0.1) is 12.8 Å². The van der Waals surface area contributed by atoms with Crippen LogP contribution in [0.1, 0.15) is 34.5 Å². The van der Waals surface area contributed by atoms with Gasteiger partial charge in [-0.1, -0.05) is 5.16 Å². The van der Waals surface area contributed by atoms with Gasteiger partial charge in [0.2, 0.25) is 0 Å². The molecule has 0 bridgehead atoms. The van der Waals surface area contributed by atoms with Crippen molar-refractivity contribution in [2.75, 3.05) is 19.6 Å². The molecule has 1 aliphatic rings. The summed E-state index contributed by atoms with van der Waals surface area (Å²) in [5, 5.41) is 11.0. The number of nitrogens with one attached hydrogen (secondary N) is 1. The fourth-order valence-corrected chi connectivity index (χ4v) is 3.50. The van der Waals surface area contributed by atoms with Crippen LogP contribution < -0.4 is 5.32 Å². The predicted octanol–water partition coefficient (Wildman–Crippen LogP) is 2.69. The molecule has 1 amide bonds. The number of nitrogens with zero attached hydrogens (tertiary/aromatic N) is 2. The lowest BCUT2D eigenvalue weighted by Crippen LogP contribution is -2.38. The number of aryl methyl sites for hydroxylation is 1. The van der Waals surface area contributed by atoms with Crippen molar-refractivity contribution < 1.29 is 9.32 Å². The van der Waals surface area contributed by atoms with Gasteiger partial charge in [0.25, 0.3) is 5.91 Å². The van der Waals surface area contributed by atoms with Crippen molar-refractivity contribution in [3.05, 3.63) is 39.9 Å². The molecule has 3 rings (SSSR count). The smallest absolute Gasteiger partial charge is 0.256 e. The van der Waals surface area contributed by atoms with E-state index in [1.54, 1.807) is 18.3 Å². The van der Waals surface area contributed by atoms with E-state index < -0.39 is 0 Å². The zero-order valence-electron chi connectivity index (χ0n) is 12.7. The molecular formula is C16H21N3O2S. The number of hydrogen-bond donors (Lipinski definition) is 1. The van der Waals surface area contributed by atoms with Gasteiger partial charge in [0, 0.05) is 13.1 Å². The highest BCUT2D eigenvalue weighted by molar-refractivity contribution is 7.07. The Balaban J connectivity index is 1.40. The highest BCUT2D eigenvalue weighted by Gasteiger charge is 2.21. The van der Waals surface area contributed by atoms with Gasteiger partial charge in [-0.15, -0.1) is 0 Å². The number of rotatable bonds is 5. The van der Waals surface area contributed by atoms with Crippen LogP contribution in [-0.2, 0) is 6.54 Å². The van der Waals surface area contributed by atoms with E-state index >= 15 is 0 Å². The second-order valence-electron chi connectivity index (χ2n) is 5.86. The average Bonchev–Trinajstić information content (AvgIpc) is 3.18. The number of likely N-dealkylation sites (tertiary alicyclic amines) is 1. The summed E-state index contributed by atoms with van der Waals surface area (Å²) in [6.07, 6.45) is 3.74. The summed E-state index contributed by atoms with van der Waals surface area (Å²) in [7, 11) is 0. The second kappa shape index (κ2) is 7.07. The number of carbonyl (C=O) groups excluding carboxylic acids is 1. The zero-order chi connectivity index (χ0) is 15.4.